The maximum absolute atomic E-state index is 13.1. The van der Waals surface area contributed by atoms with Crippen molar-refractivity contribution in [3.05, 3.63) is 109 Å². The van der Waals surface area contributed by atoms with Gasteiger partial charge in [-0.3, -0.25) is 9.97 Å². The van der Waals surface area contributed by atoms with Crippen molar-refractivity contribution in [2.24, 2.45) is 0 Å². The highest BCUT2D eigenvalue weighted by molar-refractivity contribution is 5.90. The molecule has 2 N–H and O–H groups in total. The van der Waals surface area contributed by atoms with Crippen LogP contribution in [-0.2, 0) is 17.6 Å². The number of pyridine rings is 2. The SMILES string of the molecule is COc1ccc(NC(=O)N2CCCCC2Cc2cccnc2)cc1.COc1ccc(NC(=O)N2CCN(C(=O)OC(C)(C)C)CC2Cc2cccnc2)cc1.Cl.Cl. The summed E-state index contributed by atoms with van der Waals surface area (Å²) in [6.07, 6.45) is 11.5. The van der Waals surface area contributed by atoms with Crippen LogP contribution in [0.3, 0.4) is 0 Å². The fraction of sp³-hybridized carbons (Fsp3) is 0.405. The highest BCUT2D eigenvalue weighted by Gasteiger charge is 2.35. The highest BCUT2D eigenvalue weighted by atomic mass is 35.5. The quantitative estimate of drug-likeness (QED) is 0.181. The first-order chi connectivity index (χ1) is 26.5. The predicted molar refractivity (Wildman–Crippen MR) is 227 cm³/mol. The first-order valence-electron chi connectivity index (χ1n) is 18.7. The molecule has 0 radical (unpaired) electrons. The third-order valence-electron chi connectivity index (χ3n) is 9.35. The average molecular weight is 825 g/mol. The van der Waals surface area contributed by atoms with Crippen LogP contribution in [-0.4, -0.2) is 101 Å². The molecular formula is C42H55Cl2N7O6. The molecule has 0 aliphatic carbocycles. The maximum atomic E-state index is 13.1. The third kappa shape index (κ3) is 14.3. The molecule has 2 atom stereocenters. The molecular weight excluding hydrogens is 769 g/mol. The Morgan fingerprint density at radius 3 is 1.63 bits per heavy atom. The number of nitrogens with one attached hydrogen (secondary N) is 2. The van der Waals surface area contributed by atoms with Crippen molar-refractivity contribution in [3.8, 4) is 11.5 Å². The molecule has 2 aliphatic rings. The molecule has 2 unspecified atom stereocenters. The number of benzene rings is 2. The molecule has 2 saturated heterocycles. The van der Waals surface area contributed by atoms with Gasteiger partial charge in [-0.1, -0.05) is 12.1 Å². The molecule has 0 saturated carbocycles. The van der Waals surface area contributed by atoms with Crippen molar-refractivity contribution >= 4 is 54.3 Å². The first kappa shape index (κ1) is 46.1. The lowest BCUT2D eigenvalue weighted by Crippen LogP contribution is -2.58. The van der Waals surface area contributed by atoms with Crippen molar-refractivity contribution in [1.82, 2.24) is 24.7 Å². The summed E-state index contributed by atoms with van der Waals surface area (Å²) in [5, 5.41) is 5.94. The van der Waals surface area contributed by atoms with Gasteiger partial charge in [0, 0.05) is 68.4 Å². The van der Waals surface area contributed by atoms with Gasteiger partial charge in [-0.15, -0.1) is 24.8 Å². The second-order valence-corrected chi connectivity index (χ2v) is 14.6. The Kier molecular flexibility index (Phi) is 18.2. The number of rotatable bonds is 8. The number of hydrogen-bond donors (Lipinski definition) is 2. The summed E-state index contributed by atoms with van der Waals surface area (Å²) in [5.41, 5.74) is 3.07. The third-order valence-corrected chi connectivity index (χ3v) is 9.35. The number of piperidine rings is 1. The van der Waals surface area contributed by atoms with E-state index in [1.54, 1.807) is 66.9 Å². The van der Waals surface area contributed by atoms with Crippen LogP contribution in [0, 0.1) is 0 Å². The summed E-state index contributed by atoms with van der Waals surface area (Å²) in [4.78, 5) is 52.1. The Morgan fingerprint density at radius 1 is 0.684 bits per heavy atom. The molecule has 2 fully saturated rings. The summed E-state index contributed by atoms with van der Waals surface area (Å²) < 4.78 is 15.8. The standard InChI is InChI=1S/C23H30N4O4.C19H23N3O2.2ClH/c1-23(2,3)31-22(29)26-12-13-27(19(16-26)14-17-6-5-11-24-15-17)21(28)25-18-7-9-20(30-4)10-8-18;1-24-18-9-7-16(8-10-18)21-19(23)22-12-3-2-6-17(22)13-15-5-4-11-20-14-15;;/h5-11,15,19H,12-14,16H2,1-4H3,(H,25,28);4-5,7-11,14,17H,2-3,6,12-13H2,1H3,(H,21,23);2*1H. The summed E-state index contributed by atoms with van der Waals surface area (Å²) in [7, 11) is 3.23. The molecule has 13 nitrogen and oxygen atoms in total. The van der Waals surface area contributed by atoms with E-state index in [-0.39, 0.29) is 55.1 Å². The molecule has 5 amide bonds. The second kappa shape index (κ2) is 22.5. The monoisotopic (exact) mass is 823 g/mol. The van der Waals surface area contributed by atoms with Gasteiger partial charge < -0.3 is 39.5 Å². The molecule has 6 rings (SSSR count). The van der Waals surface area contributed by atoms with Crippen LogP contribution >= 0.6 is 24.8 Å². The van der Waals surface area contributed by atoms with Crippen molar-refractivity contribution in [2.45, 2.75) is 70.6 Å². The number of carbonyl (C=O) groups is 3. The number of ether oxygens (including phenoxy) is 3. The lowest BCUT2D eigenvalue weighted by Gasteiger charge is -2.41. The zero-order valence-electron chi connectivity index (χ0n) is 33.3. The second-order valence-electron chi connectivity index (χ2n) is 14.6. The number of amides is 5. The van der Waals surface area contributed by atoms with E-state index in [1.807, 2.05) is 74.3 Å². The zero-order valence-corrected chi connectivity index (χ0v) is 34.9. The molecule has 4 aromatic rings. The highest BCUT2D eigenvalue weighted by Crippen LogP contribution is 2.24. The van der Waals surface area contributed by atoms with Gasteiger partial charge in [0.1, 0.15) is 17.1 Å². The molecule has 4 heterocycles. The lowest BCUT2D eigenvalue weighted by molar-refractivity contribution is 0.00976. The van der Waals surface area contributed by atoms with Gasteiger partial charge in [-0.2, -0.15) is 0 Å². The number of likely N-dealkylation sites (tertiary alicyclic amines) is 1. The number of methoxy groups -OCH3 is 2. The Balaban J connectivity index is 0.000000303. The van der Waals surface area contributed by atoms with Gasteiger partial charge in [0.25, 0.3) is 0 Å². The normalized spacial score (nSPS) is 16.3. The van der Waals surface area contributed by atoms with Gasteiger partial charge in [0.15, 0.2) is 0 Å². The summed E-state index contributed by atoms with van der Waals surface area (Å²) in [5.74, 6) is 1.50. The van der Waals surface area contributed by atoms with E-state index in [4.69, 9.17) is 14.2 Å². The van der Waals surface area contributed by atoms with Crippen LogP contribution in [0.5, 0.6) is 11.5 Å². The molecule has 2 aliphatic heterocycles. The topological polar surface area (TPSA) is 138 Å². The Labute approximate surface area is 348 Å². The van der Waals surface area contributed by atoms with E-state index < -0.39 is 5.60 Å². The minimum Gasteiger partial charge on any atom is -0.497 e. The minimum absolute atomic E-state index is 0. The van der Waals surface area contributed by atoms with Gasteiger partial charge in [0.05, 0.1) is 20.3 Å². The Morgan fingerprint density at radius 2 is 1.18 bits per heavy atom. The van der Waals surface area contributed by atoms with E-state index in [0.717, 1.165) is 55.0 Å². The number of piperazine rings is 1. The van der Waals surface area contributed by atoms with E-state index in [9.17, 15) is 14.4 Å². The number of aromatic nitrogens is 2. The van der Waals surface area contributed by atoms with Crippen LogP contribution in [0.1, 0.15) is 51.2 Å². The van der Waals surface area contributed by atoms with Gasteiger partial charge in [-0.25, -0.2) is 14.4 Å². The zero-order chi connectivity index (χ0) is 39.2. The van der Waals surface area contributed by atoms with E-state index in [1.165, 1.54) is 5.56 Å². The van der Waals surface area contributed by atoms with E-state index in [0.29, 0.717) is 31.7 Å². The van der Waals surface area contributed by atoms with Crippen molar-refractivity contribution < 1.29 is 28.6 Å². The summed E-state index contributed by atoms with van der Waals surface area (Å²) in [6, 6.07) is 22.2. The molecule has 0 bridgehead atoms. The van der Waals surface area contributed by atoms with Gasteiger partial charge in [0.2, 0.25) is 0 Å². The number of halogens is 2. The molecule has 2 aromatic carbocycles. The largest absolute Gasteiger partial charge is 0.497 e. The summed E-state index contributed by atoms with van der Waals surface area (Å²) in [6.45, 7) is 7.54. The first-order valence-corrected chi connectivity index (χ1v) is 18.7. The fourth-order valence-electron chi connectivity index (χ4n) is 6.59. The molecule has 308 valence electrons. The number of urea groups is 2. The molecule has 57 heavy (non-hydrogen) atoms. The van der Waals surface area contributed by atoms with Gasteiger partial charge in [-0.05, 0) is 125 Å². The lowest BCUT2D eigenvalue weighted by atomic mass is 9.96. The number of anilines is 2. The Hall–Kier alpha value is -5.27. The van der Waals surface area contributed by atoms with Crippen LogP contribution in [0.15, 0.2) is 97.6 Å². The van der Waals surface area contributed by atoms with Crippen LogP contribution in [0.2, 0.25) is 0 Å². The summed E-state index contributed by atoms with van der Waals surface area (Å²) >= 11 is 0. The van der Waals surface area contributed by atoms with Crippen molar-refractivity contribution in [3.63, 3.8) is 0 Å². The average Bonchev–Trinajstić information content (AvgIpc) is 3.19. The van der Waals surface area contributed by atoms with Crippen LogP contribution in [0.25, 0.3) is 0 Å². The molecule has 0 spiro atoms. The number of hydrogen-bond acceptors (Lipinski definition) is 8. The smallest absolute Gasteiger partial charge is 0.410 e. The maximum Gasteiger partial charge on any atom is 0.410 e. The molecule has 2 aromatic heterocycles. The van der Waals surface area contributed by atoms with Gasteiger partial charge >= 0.3 is 18.2 Å². The van der Waals surface area contributed by atoms with Crippen LogP contribution < -0.4 is 20.1 Å². The van der Waals surface area contributed by atoms with E-state index >= 15 is 0 Å². The van der Waals surface area contributed by atoms with Crippen LogP contribution in [0.4, 0.5) is 25.8 Å². The molecule has 15 heteroatoms. The van der Waals surface area contributed by atoms with E-state index in [2.05, 4.69) is 26.7 Å². The fourth-order valence-corrected chi connectivity index (χ4v) is 6.59. The van der Waals surface area contributed by atoms with Crippen molar-refractivity contribution in [2.75, 3.05) is 51.0 Å². The Bertz CT molecular complexity index is 1820. The number of nitrogens with zero attached hydrogens (tertiary/aromatic N) is 5. The van der Waals surface area contributed by atoms with Crippen molar-refractivity contribution in [1.29, 1.82) is 0 Å². The minimum atomic E-state index is -0.571. The number of carbonyl (C=O) groups excluding carboxylic acids is 3. The predicted octanol–water partition coefficient (Wildman–Crippen LogP) is 8.35.